The van der Waals surface area contributed by atoms with Crippen LogP contribution >= 0.6 is 0 Å². The molecule has 11 N–H and O–H groups in total. The van der Waals surface area contributed by atoms with Gasteiger partial charge in [-0.25, -0.2) is 0 Å². The van der Waals surface area contributed by atoms with Crippen LogP contribution in [0.4, 0.5) is 22.7 Å². The molecule has 4 aliphatic rings. The van der Waals surface area contributed by atoms with Crippen molar-refractivity contribution in [1.82, 2.24) is 0 Å². The van der Waals surface area contributed by atoms with Crippen LogP contribution in [0.2, 0.25) is 0 Å². The second kappa shape index (κ2) is 35.3. The van der Waals surface area contributed by atoms with E-state index >= 15 is 0 Å². The number of allylic oxidation sites excluding steroid dienone is 15. The zero-order chi connectivity index (χ0) is 77.6. The maximum absolute atomic E-state index is 14.5. The molecular weight excluding hydrogens is 1330 g/mol. The number of hydrogen-bond donors (Lipinski definition) is 8. The average Bonchev–Trinajstić information content (AvgIpc) is 1.41. The van der Waals surface area contributed by atoms with Gasteiger partial charge in [0.2, 0.25) is 24.1 Å². The summed E-state index contributed by atoms with van der Waals surface area (Å²) >= 11 is 0. The average molecular weight is 1440 g/mol. The molecule has 8 rings (SSSR count). The Balaban J connectivity index is 1.39. The molecule has 6 atom stereocenters. The van der Waals surface area contributed by atoms with Crippen molar-refractivity contribution in [3.63, 3.8) is 0 Å². The van der Waals surface area contributed by atoms with Crippen LogP contribution in [0.3, 0.4) is 0 Å². The van der Waals surface area contributed by atoms with Crippen molar-refractivity contribution in [3.05, 3.63) is 201 Å². The Bertz CT molecular complexity index is 4160. The molecule has 0 radical (unpaired) electrons. The quantitative estimate of drug-likeness (QED) is 0.0140. The van der Waals surface area contributed by atoms with Gasteiger partial charge >= 0.3 is 17.9 Å². The van der Waals surface area contributed by atoms with E-state index in [1.54, 1.807) is 78.9 Å². The highest BCUT2D eigenvalue weighted by molar-refractivity contribution is 6.31. The molecule has 4 aromatic carbocycles. The van der Waals surface area contributed by atoms with Gasteiger partial charge in [0, 0.05) is 39.4 Å². The molecule has 564 valence electrons. The van der Waals surface area contributed by atoms with Crippen molar-refractivity contribution in [2.24, 2.45) is 52.7 Å². The molecule has 0 unspecified atom stereocenters. The minimum absolute atomic E-state index is 0.0719. The van der Waals surface area contributed by atoms with Crippen LogP contribution in [0.25, 0.3) is 22.3 Å². The SMILES string of the molecule is CCCCOC(=O)[C@@H]1C[C@H]1C(=O)Nc1cccc(NC(=O)[C@@H]2C[C@H]2C(=O)OCCCC)c1\C1=C(N)/C=C\C=C(/c2cc(C(C)(C)C)cc(C(C)(C)C)c2)C\C=C/C(N)=C(c2c(NC=O)cccc2NC(=O)[C@@H]2C[C@H]2C(=O)OCCCC)/C(N)=C/C=C/C(c2cc(C(C)(C)C)cc(C(C)(C)C)c2)=C/C=C\C1=N. The van der Waals surface area contributed by atoms with Gasteiger partial charge in [-0.3, -0.25) is 33.6 Å². The first-order valence-corrected chi connectivity index (χ1v) is 37.5. The van der Waals surface area contributed by atoms with Crippen molar-refractivity contribution in [3.8, 4) is 0 Å². The standard InChI is InChI=1S/C88H112N8O10/c1-16-19-40-104-82(101)64-49-61(64)79(98)94-72-37-26-36-71(93-52-97)77(72)75-67(89)32-22-28-53(55-43-57(85(4,5)6)47-58(44-55)86(7,8)9)30-24-34-69(91)76(70(92)35-25-31-54(29-23-33-68(75)90)56-45-59(87(10,11)12)48-60(46-56)88(13,14)15)78-73(95-80(99)62-50-65(62)83(102)105-41-20-17-2)38-27-39-74(78)96-81(100)63-51-66(63)84(103)106-42-21-18-3/h22-28,30-39,43-48,52,61-66,91H,16-21,29,40-42,49-51,89-90,92H2,1-15H3,(H,93,97)(H,94,98)(H,95,99)(H,96,100)/b28-22+,33-23-,34-24-,35-25-,53-30-,54-31-,67-32-,75-68+,76-70+,91-69?/t61-,62-,63-,64-,65-,66-/m1/s1. The van der Waals surface area contributed by atoms with Crippen LogP contribution < -0.4 is 38.5 Å². The van der Waals surface area contributed by atoms with Crippen molar-refractivity contribution in [1.29, 1.82) is 5.41 Å². The minimum Gasteiger partial charge on any atom is -0.465 e. The van der Waals surface area contributed by atoms with Crippen LogP contribution in [0.15, 0.2) is 157 Å². The lowest BCUT2D eigenvalue weighted by Crippen LogP contribution is -2.22. The van der Waals surface area contributed by atoms with Gasteiger partial charge in [0.25, 0.3) is 0 Å². The summed E-state index contributed by atoms with van der Waals surface area (Å²) in [6, 6.07) is 23.1. The lowest BCUT2D eigenvalue weighted by Gasteiger charge is -2.26. The fourth-order valence-electron chi connectivity index (χ4n) is 12.5. The molecule has 18 heteroatoms. The van der Waals surface area contributed by atoms with Crippen molar-refractivity contribution in [2.45, 2.75) is 190 Å². The fourth-order valence-corrected chi connectivity index (χ4v) is 12.5. The number of carbonyl (C=O) groups excluding carboxylic acids is 7. The van der Waals surface area contributed by atoms with E-state index in [9.17, 15) is 39.0 Å². The van der Waals surface area contributed by atoms with Gasteiger partial charge in [0.05, 0.1) is 83.8 Å². The number of hydrogen-bond acceptors (Lipinski definition) is 14. The Labute approximate surface area is 627 Å². The second-order valence-corrected chi connectivity index (χ2v) is 32.4. The summed E-state index contributed by atoms with van der Waals surface area (Å²) < 4.78 is 16.6. The first kappa shape index (κ1) is 81.6. The molecule has 0 saturated heterocycles. The first-order chi connectivity index (χ1) is 50.1. The molecule has 106 heavy (non-hydrogen) atoms. The molecule has 4 aromatic rings. The summed E-state index contributed by atoms with van der Waals surface area (Å²) in [6.07, 6.45) is 25.8. The predicted octanol–water partition coefficient (Wildman–Crippen LogP) is 16.9. The normalized spacial score (nSPS) is 23.5. The van der Waals surface area contributed by atoms with Crippen LogP contribution in [0.5, 0.6) is 0 Å². The van der Waals surface area contributed by atoms with E-state index in [-0.39, 0.29) is 117 Å². The Morgan fingerprint density at radius 3 is 1.25 bits per heavy atom. The van der Waals surface area contributed by atoms with Crippen LogP contribution in [-0.2, 0) is 69.4 Å². The van der Waals surface area contributed by atoms with Gasteiger partial charge in [-0.15, -0.1) is 0 Å². The highest BCUT2D eigenvalue weighted by Gasteiger charge is 2.51. The third-order valence-corrected chi connectivity index (χ3v) is 19.6. The number of amides is 4. The Hall–Kier alpha value is -10.1. The Morgan fingerprint density at radius 1 is 0.472 bits per heavy atom. The maximum Gasteiger partial charge on any atom is 0.309 e. The summed E-state index contributed by atoms with van der Waals surface area (Å²) in [5, 5.41) is 22.4. The number of rotatable bonds is 24. The molecule has 0 aliphatic heterocycles. The molecule has 3 saturated carbocycles. The number of benzene rings is 4. The number of nitrogens with two attached hydrogens (primary N) is 3. The molecular formula is C88H112N8O10. The zero-order valence-corrected chi connectivity index (χ0v) is 64.8. The predicted molar refractivity (Wildman–Crippen MR) is 428 cm³/mol. The number of carbonyl (C=O) groups is 7. The van der Waals surface area contributed by atoms with Crippen molar-refractivity contribution < 1.29 is 47.8 Å². The maximum atomic E-state index is 14.5. The summed E-state index contributed by atoms with van der Waals surface area (Å²) in [7, 11) is 0. The molecule has 3 fully saturated rings. The van der Waals surface area contributed by atoms with E-state index in [4.69, 9.17) is 31.4 Å². The van der Waals surface area contributed by atoms with E-state index in [1.807, 2.05) is 45.1 Å². The van der Waals surface area contributed by atoms with Crippen molar-refractivity contribution >= 4 is 92.8 Å². The van der Waals surface area contributed by atoms with Gasteiger partial charge in [0.1, 0.15) is 0 Å². The third kappa shape index (κ3) is 21.6. The van der Waals surface area contributed by atoms with E-state index in [0.717, 1.165) is 58.2 Å². The summed E-state index contributed by atoms with van der Waals surface area (Å²) in [5.74, 6) is -6.67. The second-order valence-electron chi connectivity index (χ2n) is 32.4. The largest absolute Gasteiger partial charge is 0.465 e. The van der Waals surface area contributed by atoms with Gasteiger partial charge < -0.3 is 58.1 Å². The molecule has 4 aliphatic carbocycles. The van der Waals surface area contributed by atoms with E-state index < -0.39 is 71.1 Å². The number of anilines is 4. The van der Waals surface area contributed by atoms with Crippen LogP contribution in [0, 0.1) is 40.9 Å². The monoisotopic (exact) mass is 1440 g/mol. The third-order valence-electron chi connectivity index (χ3n) is 19.6. The zero-order valence-electron chi connectivity index (χ0n) is 64.8. The Kier molecular flexibility index (Phi) is 27.2. The van der Waals surface area contributed by atoms with E-state index in [0.29, 0.717) is 48.9 Å². The van der Waals surface area contributed by atoms with Crippen LogP contribution in [-0.4, -0.2) is 67.6 Å². The molecule has 0 heterocycles. The van der Waals surface area contributed by atoms with Gasteiger partial charge in [0.15, 0.2) is 0 Å². The number of unbranched alkanes of at least 4 members (excludes halogenated alkanes) is 3. The van der Waals surface area contributed by atoms with Gasteiger partial charge in [-0.05, 0) is 160 Å². The van der Waals surface area contributed by atoms with Crippen LogP contribution in [0.1, 0.15) is 213 Å². The van der Waals surface area contributed by atoms with E-state index in [1.165, 1.54) is 0 Å². The van der Waals surface area contributed by atoms with E-state index in [2.05, 4.69) is 141 Å². The van der Waals surface area contributed by atoms with Crippen molar-refractivity contribution in [2.75, 3.05) is 41.1 Å². The van der Waals surface area contributed by atoms with Gasteiger partial charge in [-0.2, -0.15) is 0 Å². The summed E-state index contributed by atoms with van der Waals surface area (Å²) in [5.41, 5.74) is 30.8. The highest BCUT2D eigenvalue weighted by atomic mass is 16.5. The number of ether oxygens (including phenoxy) is 3. The van der Waals surface area contributed by atoms with Gasteiger partial charge in [-0.1, -0.05) is 214 Å². The molecule has 0 spiro atoms. The highest BCUT2D eigenvalue weighted by Crippen LogP contribution is 2.46. The number of esters is 3. The number of nitrogens with one attached hydrogen (secondary N) is 5. The lowest BCUT2D eigenvalue weighted by molar-refractivity contribution is -0.147. The molecule has 0 aromatic heterocycles. The molecule has 0 bridgehead atoms. The molecule has 18 nitrogen and oxygen atoms in total. The summed E-state index contributed by atoms with van der Waals surface area (Å²) in [6.45, 7) is 32.6. The topological polar surface area (TPSA) is 297 Å². The molecule has 4 amide bonds. The smallest absolute Gasteiger partial charge is 0.309 e. The lowest BCUT2D eigenvalue weighted by atomic mass is 9.78. The Morgan fingerprint density at radius 2 is 0.849 bits per heavy atom. The minimum atomic E-state index is -0.714. The fraction of sp³-hybridized carbons (Fsp3) is 0.432. The summed E-state index contributed by atoms with van der Waals surface area (Å²) in [4.78, 5) is 95.6. The first-order valence-electron chi connectivity index (χ1n) is 37.5.